The van der Waals surface area contributed by atoms with Crippen LogP contribution in [0.4, 0.5) is 0 Å². The fourth-order valence-corrected chi connectivity index (χ4v) is 2.07. The van der Waals surface area contributed by atoms with E-state index in [9.17, 15) is 0 Å². The highest BCUT2D eigenvalue weighted by Crippen LogP contribution is 2.10. The summed E-state index contributed by atoms with van der Waals surface area (Å²) in [5, 5.41) is 3.64. The van der Waals surface area contributed by atoms with Gasteiger partial charge in [0.25, 0.3) is 0 Å². The first-order valence-electron chi connectivity index (χ1n) is 4.87. The number of rotatable bonds is 2. The number of ether oxygens (including phenoxy) is 1. The third-order valence-corrected chi connectivity index (χ3v) is 2.79. The summed E-state index contributed by atoms with van der Waals surface area (Å²) in [6.45, 7) is 4.31. The molecule has 2 heterocycles. The van der Waals surface area contributed by atoms with Gasteiger partial charge in [0.05, 0.1) is 6.61 Å². The van der Waals surface area contributed by atoms with Gasteiger partial charge in [0.2, 0.25) is 0 Å². The molecule has 0 aromatic rings. The highest BCUT2D eigenvalue weighted by atomic mass is 16.5. The van der Waals surface area contributed by atoms with Gasteiger partial charge in [-0.3, -0.25) is 0 Å². The molecule has 2 rings (SSSR count). The Morgan fingerprint density at radius 2 is 2.25 bits per heavy atom. The van der Waals surface area contributed by atoms with Crippen molar-refractivity contribution < 1.29 is 4.74 Å². The van der Waals surface area contributed by atoms with Crippen molar-refractivity contribution in [3.63, 3.8) is 0 Å². The van der Waals surface area contributed by atoms with Gasteiger partial charge in [-0.05, 0) is 26.4 Å². The molecule has 2 fully saturated rings. The van der Waals surface area contributed by atoms with Crippen LogP contribution in [0.5, 0.6) is 0 Å². The first-order valence-corrected chi connectivity index (χ1v) is 4.87. The molecular formula is C9H18N2O. The van der Waals surface area contributed by atoms with Crippen molar-refractivity contribution in [2.75, 3.05) is 33.4 Å². The molecule has 1 N–H and O–H groups in total. The molecule has 2 aliphatic rings. The molecular weight excluding hydrogens is 152 g/mol. The fourth-order valence-electron chi connectivity index (χ4n) is 2.07. The predicted octanol–water partition coefficient (Wildman–Crippen LogP) is 0.0690. The van der Waals surface area contributed by atoms with Crippen LogP contribution in [0.15, 0.2) is 0 Å². The largest absolute Gasteiger partial charge is 0.380 e. The Morgan fingerprint density at radius 3 is 2.83 bits per heavy atom. The Kier molecular flexibility index (Phi) is 2.63. The van der Waals surface area contributed by atoms with Gasteiger partial charge in [0.15, 0.2) is 0 Å². The van der Waals surface area contributed by atoms with Crippen molar-refractivity contribution in [1.29, 1.82) is 0 Å². The van der Waals surface area contributed by atoms with Crippen molar-refractivity contribution in [3.05, 3.63) is 0 Å². The molecule has 0 aromatic carbocycles. The lowest BCUT2D eigenvalue weighted by atomic mass is 10.2. The molecule has 0 spiro atoms. The zero-order chi connectivity index (χ0) is 8.39. The van der Waals surface area contributed by atoms with E-state index in [1.807, 2.05) is 0 Å². The number of likely N-dealkylation sites (N-methyl/N-ethyl adjacent to an activating group) is 1. The van der Waals surface area contributed by atoms with Gasteiger partial charge in [-0.15, -0.1) is 0 Å². The van der Waals surface area contributed by atoms with Crippen molar-refractivity contribution in [2.24, 2.45) is 0 Å². The van der Waals surface area contributed by atoms with Crippen LogP contribution in [0.1, 0.15) is 12.8 Å². The molecule has 3 heteroatoms. The van der Waals surface area contributed by atoms with Crippen LogP contribution < -0.4 is 5.32 Å². The second-order valence-electron chi connectivity index (χ2n) is 3.98. The van der Waals surface area contributed by atoms with Crippen LogP contribution in [0.2, 0.25) is 0 Å². The standard InChI is InChI=1S/C9H18N2O/c1-11-4-2-8(6-11)10-9-3-5-12-7-9/h8-10H,2-7H2,1H3/t8-,9-/m0/s1. The van der Waals surface area contributed by atoms with Gasteiger partial charge in [0.1, 0.15) is 0 Å². The monoisotopic (exact) mass is 170 g/mol. The highest BCUT2D eigenvalue weighted by molar-refractivity contribution is 4.83. The smallest absolute Gasteiger partial charge is 0.0620 e. The summed E-state index contributed by atoms with van der Waals surface area (Å²) in [6, 6.07) is 1.34. The number of hydrogen-bond donors (Lipinski definition) is 1. The van der Waals surface area contributed by atoms with Crippen LogP contribution in [-0.4, -0.2) is 50.3 Å². The minimum atomic E-state index is 0.626. The second kappa shape index (κ2) is 3.73. The van der Waals surface area contributed by atoms with Crippen LogP contribution in [-0.2, 0) is 4.74 Å². The lowest BCUT2D eigenvalue weighted by Gasteiger charge is -2.17. The summed E-state index contributed by atoms with van der Waals surface area (Å²) in [5.41, 5.74) is 0. The average Bonchev–Trinajstić information content (AvgIpc) is 2.63. The van der Waals surface area contributed by atoms with Crippen molar-refractivity contribution in [1.82, 2.24) is 10.2 Å². The van der Waals surface area contributed by atoms with Crippen molar-refractivity contribution in [2.45, 2.75) is 24.9 Å². The molecule has 0 saturated carbocycles. The van der Waals surface area contributed by atoms with Crippen LogP contribution in [0.25, 0.3) is 0 Å². The predicted molar refractivity (Wildman–Crippen MR) is 48.3 cm³/mol. The van der Waals surface area contributed by atoms with Crippen molar-refractivity contribution in [3.8, 4) is 0 Å². The lowest BCUT2D eigenvalue weighted by molar-refractivity contribution is 0.188. The van der Waals surface area contributed by atoms with E-state index in [1.54, 1.807) is 0 Å². The van der Waals surface area contributed by atoms with E-state index < -0.39 is 0 Å². The van der Waals surface area contributed by atoms with Crippen LogP contribution >= 0.6 is 0 Å². The van der Waals surface area contributed by atoms with E-state index >= 15 is 0 Å². The Labute approximate surface area is 74.1 Å². The lowest BCUT2D eigenvalue weighted by Crippen LogP contribution is -2.39. The Bertz CT molecular complexity index is 145. The first-order chi connectivity index (χ1) is 5.84. The molecule has 3 nitrogen and oxygen atoms in total. The minimum absolute atomic E-state index is 0.626. The number of likely N-dealkylation sites (tertiary alicyclic amines) is 1. The van der Waals surface area contributed by atoms with Gasteiger partial charge in [-0.1, -0.05) is 0 Å². The van der Waals surface area contributed by atoms with Gasteiger partial charge < -0.3 is 15.0 Å². The van der Waals surface area contributed by atoms with Gasteiger partial charge in [-0.2, -0.15) is 0 Å². The Morgan fingerprint density at radius 1 is 1.33 bits per heavy atom. The zero-order valence-electron chi connectivity index (χ0n) is 7.75. The van der Waals surface area contributed by atoms with E-state index in [2.05, 4.69) is 17.3 Å². The summed E-state index contributed by atoms with van der Waals surface area (Å²) in [6.07, 6.45) is 2.49. The average molecular weight is 170 g/mol. The van der Waals surface area contributed by atoms with Crippen LogP contribution in [0.3, 0.4) is 0 Å². The number of hydrogen-bond acceptors (Lipinski definition) is 3. The summed E-state index contributed by atoms with van der Waals surface area (Å²) >= 11 is 0. The minimum Gasteiger partial charge on any atom is -0.380 e. The van der Waals surface area contributed by atoms with E-state index in [0.29, 0.717) is 12.1 Å². The zero-order valence-corrected chi connectivity index (χ0v) is 7.75. The van der Waals surface area contributed by atoms with Crippen molar-refractivity contribution >= 4 is 0 Å². The molecule has 0 aromatic heterocycles. The molecule has 0 bridgehead atoms. The molecule has 70 valence electrons. The molecule has 2 atom stereocenters. The summed E-state index contributed by atoms with van der Waals surface area (Å²) in [7, 11) is 2.19. The van der Waals surface area contributed by atoms with E-state index in [4.69, 9.17) is 4.74 Å². The number of nitrogens with zero attached hydrogens (tertiary/aromatic N) is 1. The van der Waals surface area contributed by atoms with E-state index in [-0.39, 0.29) is 0 Å². The molecule has 12 heavy (non-hydrogen) atoms. The van der Waals surface area contributed by atoms with Gasteiger partial charge in [0, 0.05) is 25.2 Å². The third-order valence-electron chi connectivity index (χ3n) is 2.79. The number of nitrogens with one attached hydrogen (secondary N) is 1. The maximum atomic E-state index is 5.32. The Hall–Kier alpha value is -0.120. The maximum Gasteiger partial charge on any atom is 0.0620 e. The van der Waals surface area contributed by atoms with Gasteiger partial charge >= 0.3 is 0 Å². The molecule has 0 amide bonds. The maximum absolute atomic E-state index is 5.32. The molecule has 0 unspecified atom stereocenters. The first kappa shape index (κ1) is 8.48. The second-order valence-corrected chi connectivity index (χ2v) is 3.98. The SMILES string of the molecule is CN1CC[C@H](N[C@H]2CCOC2)C1. The van der Waals surface area contributed by atoms with Crippen LogP contribution in [0, 0.1) is 0 Å². The topological polar surface area (TPSA) is 24.5 Å². The fraction of sp³-hybridized carbons (Fsp3) is 1.00. The van der Waals surface area contributed by atoms with E-state index in [0.717, 1.165) is 13.2 Å². The summed E-state index contributed by atoms with van der Waals surface area (Å²) in [5.74, 6) is 0. The van der Waals surface area contributed by atoms with E-state index in [1.165, 1.54) is 25.9 Å². The normalized spacial score (nSPS) is 37.8. The molecule has 2 aliphatic heterocycles. The third kappa shape index (κ3) is 1.97. The summed E-state index contributed by atoms with van der Waals surface area (Å²) < 4.78 is 5.32. The molecule has 2 saturated heterocycles. The molecule has 0 aliphatic carbocycles. The Balaban J connectivity index is 1.72. The van der Waals surface area contributed by atoms with Gasteiger partial charge in [-0.25, -0.2) is 0 Å². The summed E-state index contributed by atoms with van der Waals surface area (Å²) in [4.78, 5) is 2.38. The quantitative estimate of drug-likeness (QED) is 0.634. The molecule has 0 radical (unpaired) electrons. The highest BCUT2D eigenvalue weighted by Gasteiger charge is 2.24.